The van der Waals surface area contributed by atoms with E-state index in [1.54, 1.807) is 0 Å². The van der Waals surface area contributed by atoms with Gasteiger partial charge >= 0.3 is 51.7 Å². The van der Waals surface area contributed by atoms with Crippen LogP contribution in [0.4, 0.5) is 0 Å². The monoisotopic (exact) mass is 378 g/mol. The van der Waals surface area contributed by atoms with E-state index in [2.05, 4.69) is 0 Å². The molecule has 12 nitrogen and oxygen atoms in total. The van der Waals surface area contributed by atoms with Crippen LogP contribution in [0.1, 0.15) is 0 Å². The molecule has 0 amide bonds. The zero-order chi connectivity index (χ0) is 13.5. The van der Waals surface area contributed by atoms with E-state index in [1.807, 2.05) is 0 Å². The van der Waals surface area contributed by atoms with Gasteiger partial charge in [0.25, 0.3) is 0 Å². The van der Waals surface area contributed by atoms with Crippen LogP contribution in [0.2, 0.25) is 0 Å². The maximum atomic E-state index is 8.52. The quantitative estimate of drug-likeness (QED) is 0.289. The first-order valence-corrected chi connectivity index (χ1v) is 6.00. The summed E-state index contributed by atoms with van der Waals surface area (Å²) in [6, 6.07) is 0. The molecule has 17 heteroatoms. The summed E-state index contributed by atoms with van der Waals surface area (Å²) >= 11 is 0. The van der Waals surface area contributed by atoms with Crippen LogP contribution in [0.25, 0.3) is 0 Å². The van der Waals surface area contributed by atoms with Gasteiger partial charge in [0.2, 0.25) is 0 Å². The summed E-state index contributed by atoms with van der Waals surface area (Å²) in [6.07, 6.45) is 0. The van der Waals surface area contributed by atoms with Gasteiger partial charge in [0.1, 0.15) is 0 Å². The van der Waals surface area contributed by atoms with Crippen LogP contribution < -0.4 is 0 Å². The van der Waals surface area contributed by atoms with Gasteiger partial charge in [-0.1, -0.05) is 0 Å². The molecule has 0 saturated heterocycles. The van der Waals surface area contributed by atoms with E-state index >= 15 is 0 Å². The molecule has 0 bridgehead atoms. The van der Waals surface area contributed by atoms with Crippen molar-refractivity contribution >= 4 is 31.2 Å². The Morgan fingerprint density at radius 2 is 0.412 bits per heavy atom. The molecule has 17 heavy (non-hydrogen) atoms. The fraction of sp³-hybridized carbons (Fsp3) is 0. The van der Waals surface area contributed by atoms with Crippen molar-refractivity contribution in [3.05, 3.63) is 0 Å². The van der Waals surface area contributed by atoms with Crippen LogP contribution in [-0.2, 0) is 82.9 Å². The molecule has 0 heterocycles. The summed E-state index contributed by atoms with van der Waals surface area (Å²) in [5, 5.41) is 0. The van der Waals surface area contributed by atoms with Crippen LogP contribution in [0.3, 0.4) is 0 Å². The fourth-order valence-corrected chi connectivity index (χ4v) is 0. The van der Waals surface area contributed by atoms with Crippen molar-refractivity contribution in [3.63, 3.8) is 0 Å². The molecule has 0 aliphatic rings. The van der Waals surface area contributed by atoms with Gasteiger partial charge < -0.3 is 27.3 Å². The smallest absolute Gasteiger partial charge is 0.759 e. The molecule has 0 aliphatic carbocycles. The maximum Gasteiger partial charge on any atom is 3.00 e. The van der Waals surface area contributed by atoms with E-state index < -0.39 is 31.2 Å². The minimum Gasteiger partial charge on any atom is -0.759 e. The van der Waals surface area contributed by atoms with Gasteiger partial charge in [0.15, 0.2) is 0 Å². The van der Waals surface area contributed by atoms with Gasteiger partial charge in [-0.25, -0.2) is 0 Å². The average molecular weight is 378 g/mol. The van der Waals surface area contributed by atoms with E-state index in [1.165, 1.54) is 0 Å². The van der Waals surface area contributed by atoms with Crippen molar-refractivity contribution in [2.75, 3.05) is 0 Å². The third-order valence-corrected chi connectivity index (χ3v) is 0. The molecule has 0 aromatic rings. The minimum absolute atomic E-state index is 0. The molecule has 0 unspecified atom stereocenters. The van der Waals surface area contributed by atoms with Crippen molar-refractivity contribution in [2.45, 2.75) is 0 Å². The topological polar surface area (TPSA) is 241 Å². The standard InChI is InChI=1S/3H2O4S.2Sc/c3*1-5(2,3)4;;/h3*(H2,1,2,3,4);;/q;;;2*+3/p-6. The van der Waals surface area contributed by atoms with Crippen molar-refractivity contribution in [1.29, 1.82) is 0 Å². The average Bonchev–Trinajstić information content (AvgIpc) is 1.41. The first kappa shape index (κ1) is 31.0. The molecule has 0 rings (SSSR count). The number of rotatable bonds is 0. The molecule has 96 valence electrons. The molecule has 0 radical (unpaired) electrons. The van der Waals surface area contributed by atoms with E-state index in [4.69, 9.17) is 52.6 Å². The Balaban J connectivity index is -0.0000000400. The van der Waals surface area contributed by atoms with Gasteiger partial charge in [-0.05, 0) is 0 Å². The summed E-state index contributed by atoms with van der Waals surface area (Å²) < 4.78 is 102. The van der Waals surface area contributed by atoms with Gasteiger partial charge in [-0.3, -0.25) is 25.3 Å². The third-order valence-electron chi connectivity index (χ3n) is 0. The number of hydrogen-bond acceptors (Lipinski definition) is 12. The molecular formula is O12S3Sc2. The zero-order valence-corrected chi connectivity index (χ0v) is 13.3. The van der Waals surface area contributed by atoms with Crippen LogP contribution in [0.5, 0.6) is 0 Å². The summed E-state index contributed by atoms with van der Waals surface area (Å²) in [6.45, 7) is 0. The van der Waals surface area contributed by atoms with Crippen LogP contribution in [-0.4, -0.2) is 52.6 Å². The summed E-state index contributed by atoms with van der Waals surface area (Å²) in [4.78, 5) is 0. The summed E-state index contributed by atoms with van der Waals surface area (Å²) in [5.74, 6) is 0. The molecule has 0 aliphatic heterocycles. The SMILES string of the molecule is O=S(=O)([O-])[O-].O=S(=O)([O-])[O-].O=S(=O)([O-])[O-].[Sc+3].[Sc+3]. The molecule has 0 spiro atoms. The Hall–Kier alpha value is 1.35. The second kappa shape index (κ2) is 12.4. The van der Waals surface area contributed by atoms with Gasteiger partial charge in [-0.15, -0.1) is 0 Å². The second-order valence-electron chi connectivity index (χ2n) is 1.22. The first-order valence-electron chi connectivity index (χ1n) is 2.00. The van der Waals surface area contributed by atoms with Crippen LogP contribution in [0, 0.1) is 0 Å². The first-order chi connectivity index (χ1) is 6.00. The molecule has 0 saturated carbocycles. The Kier molecular flexibility index (Phi) is 22.6. The Bertz CT molecular complexity index is 341. The predicted molar refractivity (Wildman–Crippen MR) is 31.4 cm³/mol. The van der Waals surface area contributed by atoms with Gasteiger partial charge in [0, 0.05) is 31.2 Å². The van der Waals surface area contributed by atoms with Crippen molar-refractivity contribution in [3.8, 4) is 0 Å². The second-order valence-corrected chi connectivity index (χ2v) is 3.67. The molecule has 0 fully saturated rings. The Morgan fingerprint density at radius 3 is 0.412 bits per heavy atom. The summed E-state index contributed by atoms with van der Waals surface area (Å²) in [7, 11) is -15.5. The van der Waals surface area contributed by atoms with E-state index in [0.717, 1.165) is 0 Å². The van der Waals surface area contributed by atoms with Crippen molar-refractivity contribution in [1.82, 2.24) is 0 Å². The minimum atomic E-state index is -5.17. The Morgan fingerprint density at radius 1 is 0.412 bits per heavy atom. The molecular weight excluding hydrogens is 378 g/mol. The maximum absolute atomic E-state index is 8.52. The van der Waals surface area contributed by atoms with Crippen LogP contribution >= 0.6 is 0 Å². The van der Waals surface area contributed by atoms with Crippen LogP contribution in [0.15, 0.2) is 0 Å². The molecule has 0 N–H and O–H groups in total. The largest absolute Gasteiger partial charge is 3.00 e. The molecule has 0 aromatic carbocycles. The van der Waals surface area contributed by atoms with Crippen molar-refractivity contribution in [2.24, 2.45) is 0 Å². The van der Waals surface area contributed by atoms with Gasteiger partial charge in [-0.2, -0.15) is 0 Å². The normalized spacial score (nSPS) is 10.2. The third kappa shape index (κ3) is 2240. The predicted octanol–water partition coefficient (Wildman–Crippen LogP) is -4.02. The van der Waals surface area contributed by atoms with Gasteiger partial charge in [0.05, 0.1) is 0 Å². The molecule has 0 atom stereocenters. The Labute approximate surface area is 134 Å². The van der Waals surface area contributed by atoms with E-state index in [9.17, 15) is 0 Å². The molecule has 0 aromatic heterocycles. The summed E-state index contributed by atoms with van der Waals surface area (Å²) in [5.41, 5.74) is 0. The van der Waals surface area contributed by atoms with E-state index in [-0.39, 0.29) is 51.7 Å². The van der Waals surface area contributed by atoms with E-state index in [0.29, 0.717) is 0 Å². The zero-order valence-electron chi connectivity index (χ0n) is 7.28. The fourth-order valence-electron chi connectivity index (χ4n) is 0. The van der Waals surface area contributed by atoms with Crippen molar-refractivity contribution < 1.29 is 104 Å². The number of hydrogen-bond donors (Lipinski definition) is 0.